The number of rotatable bonds is 6. The number of hydrogen-bond acceptors (Lipinski definition) is 4. The summed E-state index contributed by atoms with van der Waals surface area (Å²) in [5.74, 6) is 0.0425. The molecule has 0 bridgehead atoms. The Morgan fingerprint density at radius 2 is 2.10 bits per heavy atom. The van der Waals surface area contributed by atoms with Crippen LogP contribution in [0.3, 0.4) is 0 Å². The van der Waals surface area contributed by atoms with Crippen LogP contribution in [0.4, 0.5) is 0 Å². The molecule has 0 unspecified atom stereocenters. The minimum Gasteiger partial charge on any atom is -0.330 e. The fourth-order valence-electron chi connectivity index (χ4n) is 2.33. The van der Waals surface area contributed by atoms with Gasteiger partial charge >= 0.3 is 0 Å². The number of carbonyl (C=O) groups is 1. The highest BCUT2D eigenvalue weighted by molar-refractivity contribution is 7.09. The third-order valence-corrected chi connectivity index (χ3v) is 4.48. The fraction of sp³-hybridized carbons (Fsp3) is 0.375. The lowest BCUT2D eigenvalue weighted by Crippen LogP contribution is -2.32. The Hall–Kier alpha value is -1.72. The number of aromatic nitrogens is 1. The van der Waals surface area contributed by atoms with E-state index in [1.807, 2.05) is 28.5 Å². The van der Waals surface area contributed by atoms with Gasteiger partial charge in [0.05, 0.1) is 5.01 Å². The van der Waals surface area contributed by atoms with Crippen molar-refractivity contribution in [3.8, 4) is 0 Å². The number of benzene rings is 1. The molecule has 1 aromatic heterocycles. The van der Waals surface area contributed by atoms with Gasteiger partial charge in [-0.05, 0) is 24.9 Å². The Morgan fingerprint density at radius 1 is 1.33 bits per heavy atom. The van der Waals surface area contributed by atoms with Crippen LogP contribution in [0, 0.1) is 0 Å². The minimum absolute atomic E-state index is 0.0425. The fourth-order valence-corrected chi connectivity index (χ4v) is 3.12. The Labute approximate surface area is 128 Å². The van der Waals surface area contributed by atoms with E-state index in [9.17, 15) is 4.79 Å². The van der Waals surface area contributed by atoms with E-state index in [0.29, 0.717) is 24.8 Å². The molecule has 0 aliphatic heterocycles. The van der Waals surface area contributed by atoms with Gasteiger partial charge in [-0.3, -0.25) is 4.79 Å². The molecule has 1 saturated carbocycles. The standard InChI is InChI=1S/C16H19N3OS/c17-9-8-15-18-14(11-21-15)16(20)19(13-6-7-13)10-12-4-2-1-3-5-12/h1-5,11,13H,6-10,17H2. The van der Waals surface area contributed by atoms with E-state index in [4.69, 9.17) is 5.73 Å². The quantitative estimate of drug-likeness (QED) is 0.891. The van der Waals surface area contributed by atoms with E-state index in [1.54, 1.807) is 0 Å². The number of hydrogen-bond donors (Lipinski definition) is 1. The molecule has 1 amide bonds. The monoisotopic (exact) mass is 301 g/mol. The average Bonchev–Trinajstić information content (AvgIpc) is 3.25. The molecule has 2 N–H and O–H groups in total. The SMILES string of the molecule is NCCc1nc(C(=O)N(Cc2ccccc2)C2CC2)cs1. The normalized spacial score (nSPS) is 14.1. The lowest BCUT2D eigenvalue weighted by atomic mass is 10.2. The van der Waals surface area contributed by atoms with Crippen LogP contribution >= 0.6 is 11.3 Å². The molecule has 110 valence electrons. The molecule has 21 heavy (non-hydrogen) atoms. The predicted octanol–water partition coefficient (Wildman–Crippen LogP) is 2.45. The van der Waals surface area contributed by atoms with Crippen molar-refractivity contribution < 1.29 is 4.79 Å². The molecule has 5 heteroatoms. The lowest BCUT2D eigenvalue weighted by Gasteiger charge is -2.21. The van der Waals surface area contributed by atoms with Crippen LogP contribution in [-0.2, 0) is 13.0 Å². The van der Waals surface area contributed by atoms with Gasteiger partial charge in [-0.1, -0.05) is 30.3 Å². The van der Waals surface area contributed by atoms with Crippen molar-refractivity contribution >= 4 is 17.2 Å². The van der Waals surface area contributed by atoms with Crippen LogP contribution in [0.2, 0.25) is 0 Å². The zero-order valence-electron chi connectivity index (χ0n) is 11.9. The van der Waals surface area contributed by atoms with Crippen molar-refractivity contribution in [2.75, 3.05) is 6.54 Å². The van der Waals surface area contributed by atoms with Gasteiger partial charge in [0.2, 0.25) is 0 Å². The second kappa shape index (κ2) is 6.37. The predicted molar refractivity (Wildman–Crippen MR) is 84.2 cm³/mol. The Bertz CT molecular complexity index is 607. The highest BCUT2D eigenvalue weighted by Crippen LogP contribution is 2.30. The summed E-state index contributed by atoms with van der Waals surface area (Å²) in [5, 5.41) is 2.80. The molecule has 4 nitrogen and oxygen atoms in total. The van der Waals surface area contributed by atoms with Crippen LogP contribution in [0.1, 0.15) is 33.9 Å². The Balaban J connectivity index is 1.75. The van der Waals surface area contributed by atoms with E-state index in [1.165, 1.54) is 11.3 Å². The lowest BCUT2D eigenvalue weighted by molar-refractivity contribution is 0.0724. The van der Waals surface area contributed by atoms with Crippen molar-refractivity contribution in [3.63, 3.8) is 0 Å². The maximum absolute atomic E-state index is 12.7. The summed E-state index contributed by atoms with van der Waals surface area (Å²) < 4.78 is 0. The van der Waals surface area contributed by atoms with Crippen LogP contribution in [0.5, 0.6) is 0 Å². The van der Waals surface area contributed by atoms with Gasteiger partial charge < -0.3 is 10.6 Å². The maximum Gasteiger partial charge on any atom is 0.273 e. The van der Waals surface area contributed by atoms with Gasteiger partial charge in [-0.2, -0.15) is 0 Å². The van der Waals surface area contributed by atoms with Crippen molar-refractivity contribution in [1.29, 1.82) is 0 Å². The average molecular weight is 301 g/mol. The molecule has 0 atom stereocenters. The van der Waals surface area contributed by atoms with Gasteiger partial charge in [0.15, 0.2) is 0 Å². The highest BCUT2D eigenvalue weighted by atomic mass is 32.1. The Morgan fingerprint density at radius 3 is 2.76 bits per heavy atom. The molecule has 1 fully saturated rings. The smallest absolute Gasteiger partial charge is 0.273 e. The molecule has 1 heterocycles. The van der Waals surface area contributed by atoms with E-state index in [0.717, 1.165) is 29.8 Å². The van der Waals surface area contributed by atoms with Crippen molar-refractivity contribution in [1.82, 2.24) is 9.88 Å². The molecule has 3 rings (SSSR count). The van der Waals surface area contributed by atoms with Crippen LogP contribution in [0.15, 0.2) is 35.7 Å². The van der Waals surface area contributed by atoms with E-state index < -0.39 is 0 Å². The number of nitrogens with two attached hydrogens (primary N) is 1. The van der Waals surface area contributed by atoms with Gasteiger partial charge in [0.25, 0.3) is 5.91 Å². The van der Waals surface area contributed by atoms with Crippen molar-refractivity contribution in [3.05, 3.63) is 52.0 Å². The molecule has 2 aromatic rings. The molecule has 1 aliphatic rings. The van der Waals surface area contributed by atoms with Gasteiger partial charge in [-0.15, -0.1) is 11.3 Å². The second-order valence-corrected chi connectivity index (χ2v) is 6.26. The third-order valence-electron chi connectivity index (χ3n) is 3.57. The van der Waals surface area contributed by atoms with Gasteiger partial charge in [-0.25, -0.2) is 4.98 Å². The maximum atomic E-state index is 12.7. The van der Waals surface area contributed by atoms with Crippen LogP contribution in [-0.4, -0.2) is 28.4 Å². The van der Waals surface area contributed by atoms with Crippen molar-refractivity contribution in [2.45, 2.75) is 31.8 Å². The molecule has 1 aliphatic carbocycles. The van der Waals surface area contributed by atoms with E-state index >= 15 is 0 Å². The summed E-state index contributed by atoms with van der Waals surface area (Å²) in [4.78, 5) is 19.1. The molecular formula is C16H19N3OS. The highest BCUT2D eigenvalue weighted by Gasteiger charge is 2.33. The topological polar surface area (TPSA) is 59.2 Å². The molecule has 1 aromatic carbocycles. The van der Waals surface area contributed by atoms with Crippen molar-refractivity contribution in [2.24, 2.45) is 5.73 Å². The minimum atomic E-state index is 0.0425. The molecule has 0 radical (unpaired) electrons. The molecule has 0 spiro atoms. The summed E-state index contributed by atoms with van der Waals surface area (Å²) >= 11 is 1.52. The van der Waals surface area contributed by atoms with Crippen LogP contribution in [0.25, 0.3) is 0 Å². The van der Waals surface area contributed by atoms with Gasteiger partial charge in [0, 0.05) is 24.4 Å². The third kappa shape index (κ3) is 3.49. The number of carbonyl (C=O) groups excluding carboxylic acids is 1. The zero-order chi connectivity index (χ0) is 14.7. The van der Waals surface area contributed by atoms with E-state index in [-0.39, 0.29) is 5.91 Å². The first-order valence-corrected chi connectivity index (χ1v) is 8.15. The largest absolute Gasteiger partial charge is 0.330 e. The van der Waals surface area contributed by atoms with Crippen LogP contribution < -0.4 is 5.73 Å². The summed E-state index contributed by atoms with van der Waals surface area (Å²) in [6, 6.07) is 10.5. The second-order valence-electron chi connectivity index (χ2n) is 5.31. The first-order chi connectivity index (χ1) is 10.3. The molecular weight excluding hydrogens is 282 g/mol. The first kappa shape index (κ1) is 14.2. The summed E-state index contributed by atoms with van der Waals surface area (Å²) in [7, 11) is 0. The zero-order valence-corrected chi connectivity index (χ0v) is 12.7. The molecule has 0 saturated heterocycles. The summed E-state index contributed by atoms with van der Waals surface area (Å²) in [5.41, 5.74) is 7.26. The summed E-state index contributed by atoms with van der Waals surface area (Å²) in [6.45, 7) is 1.23. The first-order valence-electron chi connectivity index (χ1n) is 7.27. The van der Waals surface area contributed by atoms with Gasteiger partial charge in [0.1, 0.15) is 5.69 Å². The Kier molecular flexibility index (Phi) is 4.31. The number of amides is 1. The summed E-state index contributed by atoms with van der Waals surface area (Å²) in [6.07, 6.45) is 2.93. The number of nitrogens with zero attached hydrogens (tertiary/aromatic N) is 2. The van der Waals surface area contributed by atoms with E-state index in [2.05, 4.69) is 17.1 Å². The number of thiazole rings is 1.